The van der Waals surface area contributed by atoms with Crippen LogP contribution in [0, 0.1) is 6.92 Å². The molecule has 0 radical (unpaired) electrons. The van der Waals surface area contributed by atoms with Gasteiger partial charge in [0.2, 0.25) is 0 Å². The Morgan fingerprint density at radius 1 is 1.12 bits per heavy atom. The van der Waals surface area contributed by atoms with Crippen LogP contribution in [0.5, 0.6) is 0 Å². The molecule has 0 aromatic heterocycles. The van der Waals surface area contributed by atoms with Gasteiger partial charge in [-0.15, -0.1) is 0 Å². The minimum atomic E-state index is -0.779. The highest BCUT2D eigenvalue weighted by atomic mass is 16.6. The second-order valence-corrected chi connectivity index (χ2v) is 5.70. The number of esters is 2. The number of hydrogen-bond acceptors (Lipinski definition) is 5. The molecule has 1 N–H and O–H groups in total. The number of cyclic esters (lactones) is 1. The van der Waals surface area contributed by atoms with Gasteiger partial charge in [0.05, 0.1) is 6.61 Å². The van der Waals surface area contributed by atoms with Crippen LogP contribution in [-0.4, -0.2) is 18.5 Å². The van der Waals surface area contributed by atoms with Gasteiger partial charge in [0.1, 0.15) is 11.3 Å². The van der Waals surface area contributed by atoms with Crippen LogP contribution in [0.4, 0.5) is 5.69 Å². The van der Waals surface area contributed by atoms with Crippen molar-refractivity contribution >= 4 is 17.6 Å². The fourth-order valence-electron chi connectivity index (χ4n) is 2.64. The molecule has 0 saturated carbocycles. The molecule has 1 atom stereocenters. The average Bonchev–Trinajstić information content (AvgIpc) is 2.93. The molecule has 5 nitrogen and oxygen atoms in total. The molecule has 1 unspecified atom stereocenters. The summed E-state index contributed by atoms with van der Waals surface area (Å²) in [6.07, 6.45) is -0.779. The molecule has 0 saturated heterocycles. The zero-order chi connectivity index (χ0) is 17.8. The van der Waals surface area contributed by atoms with Gasteiger partial charge >= 0.3 is 11.9 Å². The van der Waals surface area contributed by atoms with Crippen LogP contribution in [0.2, 0.25) is 0 Å². The summed E-state index contributed by atoms with van der Waals surface area (Å²) in [6, 6.07) is 16.7. The molecule has 0 spiro atoms. The summed E-state index contributed by atoms with van der Waals surface area (Å²) < 4.78 is 10.6. The zero-order valence-electron chi connectivity index (χ0n) is 14.1. The predicted octanol–water partition coefficient (Wildman–Crippen LogP) is 3.52. The average molecular weight is 337 g/mol. The highest BCUT2D eigenvalue weighted by molar-refractivity contribution is 6.06. The van der Waals surface area contributed by atoms with E-state index in [0.29, 0.717) is 5.69 Å². The van der Waals surface area contributed by atoms with Gasteiger partial charge in [-0.1, -0.05) is 48.0 Å². The maximum atomic E-state index is 12.5. The fourth-order valence-corrected chi connectivity index (χ4v) is 2.64. The Labute approximate surface area is 146 Å². The second-order valence-electron chi connectivity index (χ2n) is 5.70. The number of rotatable bonds is 5. The van der Waals surface area contributed by atoms with Crippen molar-refractivity contribution in [3.05, 3.63) is 77.0 Å². The monoisotopic (exact) mass is 337 g/mol. The smallest absolute Gasteiger partial charge is 0.356 e. The van der Waals surface area contributed by atoms with Crippen molar-refractivity contribution in [3.8, 4) is 0 Å². The van der Waals surface area contributed by atoms with Gasteiger partial charge in [-0.05, 0) is 31.5 Å². The van der Waals surface area contributed by atoms with Crippen LogP contribution >= 0.6 is 0 Å². The highest BCUT2D eigenvalue weighted by Crippen LogP contribution is 2.36. The molecular weight excluding hydrogens is 318 g/mol. The van der Waals surface area contributed by atoms with E-state index in [4.69, 9.17) is 9.47 Å². The number of anilines is 1. The number of aryl methyl sites for hydroxylation is 1. The van der Waals surface area contributed by atoms with Crippen molar-refractivity contribution in [1.82, 2.24) is 0 Å². The third-order valence-electron chi connectivity index (χ3n) is 3.88. The molecular formula is C20H19NO4. The second kappa shape index (κ2) is 7.21. The summed E-state index contributed by atoms with van der Waals surface area (Å²) >= 11 is 0. The Bertz CT molecular complexity index is 809. The van der Waals surface area contributed by atoms with Crippen LogP contribution in [-0.2, 0) is 19.1 Å². The normalized spacial score (nSPS) is 16.6. The lowest BCUT2D eigenvalue weighted by Crippen LogP contribution is -2.16. The van der Waals surface area contributed by atoms with E-state index in [9.17, 15) is 9.59 Å². The topological polar surface area (TPSA) is 64.6 Å². The van der Waals surface area contributed by atoms with Crippen LogP contribution in [0.25, 0.3) is 0 Å². The van der Waals surface area contributed by atoms with Gasteiger partial charge < -0.3 is 14.8 Å². The number of nitrogens with one attached hydrogen (secondary N) is 1. The molecule has 128 valence electrons. The fraction of sp³-hybridized carbons (Fsp3) is 0.200. The van der Waals surface area contributed by atoms with Crippen molar-refractivity contribution in [2.24, 2.45) is 0 Å². The number of ether oxygens (including phenoxy) is 2. The number of carbonyl (C=O) groups excluding carboxylic acids is 2. The van der Waals surface area contributed by atoms with Gasteiger partial charge in [-0.2, -0.15) is 0 Å². The molecule has 1 heterocycles. The maximum Gasteiger partial charge on any atom is 0.356 e. The summed E-state index contributed by atoms with van der Waals surface area (Å²) in [5.41, 5.74) is 2.82. The number of benzene rings is 2. The van der Waals surface area contributed by atoms with Gasteiger partial charge in [0, 0.05) is 5.69 Å². The molecule has 0 bridgehead atoms. The van der Waals surface area contributed by atoms with E-state index in [1.807, 2.05) is 61.5 Å². The lowest BCUT2D eigenvalue weighted by Gasteiger charge is -2.14. The molecule has 25 heavy (non-hydrogen) atoms. The first-order chi connectivity index (χ1) is 12.1. The highest BCUT2D eigenvalue weighted by Gasteiger charge is 2.40. The van der Waals surface area contributed by atoms with Crippen LogP contribution in [0.3, 0.4) is 0 Å². The minimum Gasteiger partial charge on any atom is -0.462 e. The molecule has 1 aliphatic heterocycles. The minimum absolute atomic E-state index is 0.121. The van der Waals surface area contributed by atoms with Crippen molar-refractivity contribution in [1.29, 1.82) is 0 Å². The Kier molecular flexibility index (Phi) is 4.84. The van der Waals surface area contributed by atoms with E-state index >= 15 is 0 Å². The molecule has 5 heteroatoms. The Morgan fingerprint density at radius 3 is 2.44 bits per heavy atom. The van der Waals surface area contributed by atoms with Gasteiger partial charge in [0.15, 0.2) is 6.10 Å². The van der Waals surface area contributed by atoms with E-state index in [1.54, 1.807) is 6.92 Å². The molecule has 0 amide bonds. The standard InChI is InChI=1S/C20H19NO4/c1-3-24-19(22)16-17(21-15-7-5-4-6-8-15)20(23)25-18(16)14-11-9-13(2)10-12-14/h4-12,18,21H,3H2,1-2H3. The van der Waals surface area contributed by atoms with E-state index in [0.717, 1.165) is 11.1 Å². The third-order valence-corrected chi connectivity index (χ3v) is 3.88. The summed E-state index contributed by atoms with van der Waals surface area (Å²) in [4.78, 5) is 24.9. The lowest BCUT2D eigenvalue weighted by atomic mass is 10.0. The van der Waals surface area contributed by atoms with Crippen molar-refractivity contribution < 1.29 is 19.1 Å². The Balaban J connectivity index is 2.02. The molecule has 1 aliphatic rings. The van der Waals surface area contributed by atoms with E-state index in [1.165, 1.54) is 0 Å². The summed E-state index contributed by atoms with van der Waals surface area (Å²) in [6.45, 7) is 3.91. The third kappa shape index (κ3) is 3.55. The van der Waals surface area contributed by atoms with Gasteiger partial charge in [0.25, 0.3) is 0 Å². The molecule has 3 rings (SSSR count). The molecule has 2 aromatic carbocycles. The number of hydrogen-bond donors (Lipinski definition) is 1. The largest absolute Gasteiger partial charge is 0.462 e. The van der Waals surface area contributed by atoms with Gasteiger partial charge in [-0.25, -0.2) is 9.59 Å². The summed E-state index contributed by atoms with van der Waals surface area (Å²) in [5.74, 6) is -1.13. The van der Waals surface area contributed by atoms with Crippen LogP contribution in [0.15, 0.2) is 65.9 Å². The van der Waals surface area contributed by atoms with E-state index in [2.05, 4.69) is 5.32 Å². The van der Waals surface area contributed by atoms with Crippen molar-refractivity contribution in [3.63, 3.8) is 0 Å². The van der Waals surface area contributed by atoms with Gasteiger partial charge in [-0.3, -0.25) is 0 Å². The molecule has 2 aromatic rings. The number of carbonyl (C=O) groups is 2. The molecule has 0 aliphatic carbocycles. The summed E-state index contributed by atoms with van der Waals surface area (Å²) in [5, 5.41) is 3.00. The maximum absolute atomic E-state index is 12.5. The SMILES string of the molecule is CCOC(=O)C1=C(Nc2ccccc2)C(=O)OC1c1ccc(C)cc1. The Hall–Kier alpha value is -3.08. The lowest BCUT2D eigenvalue weighted by molar-refractivity contribution is -0.142. The van der Waals surface area contributed by atoms with Crippen molar-refractivity contribution in [2.75, 3.05) is 11.9 Å². The first kappa shape index (κ1) is 16.8. The van der Waals surface area contributed by atoms with E-state index < -0.39 is 18.0 Å². The first-order valence-corrected chi connectivity index (χ1v) is 8.11. The van der Waals surface area contributed by atoms with Crippen LogP contribution in [0.1, 0.15) is 24.2 Å². The van der Waals surface area contributed by atoms with Crippen LogP contribution < -0.4 is 5.32 Å². The first-order valence-electron chi connectivity index (χ1n) is 8.11. The Morgan fingerprint density at radius 2 is 1.80 bits per heavy atom. The molecule has 0 fully saturated rings. The number of para-hydroxylation sites is 1. The van der Waals surface area contributed by atoms with E-state index in [-0.39, 0.29) is 17.9 Å². The predicted molar refractivity (Wildman–Crippen MR) is 93.7 cm³/mol. The quantitative estimate of drug-likeness (QED) is 0.846. The summed E-state index contributed by atoms with van der Waals surface area (Å²) in [7, 11) is 0. The van der Waals surface area contributed by atoms with Crippen molar-refractivity contribution in [2.45, 2.75) is 20.0 Å². The zero-order valence-corrected chi connectivity index (χ0v) is 14.1.